The predicted molar refractivity (Wildman–Crippen MR) is 64.2 cm³/mol. The highest BCUT2D eigenvalue weighted by Crippen LogP contribution is 2.55. The molecule has 3 N–H and O–H groups in total. The molecular weight excluding hydrogens is 245 g/mol. The summed E-state index contributed by atoms with van der Waals surface area (Å²) in [5.74, 6) is -1.14. The van der Waals surface area contributed by atoms with Crippen LogP contribution in [0.25, 0.3) is 0 Å². The maximum absolute atomic E-state index is 13.6. The van der Waals surface area contributed by atoms with E-state index in [-0.39, 0.29) is 28.0 Å². The molecule has 1 saturated carbocycles. The van der Waals surface area contributed by atoms with Crippen molar-refractivity contribution in [1.29, 1.82) is 0 Å². The molecule has 1 aliphatic carbocycles. The lowest BCUT2D eigenvalue weighted by Crippen LogP contribution is -2.31. The van der Waals surface area contributed by atoms with Gasteiger partial charge >= 0.3 is 0 Å². The number of nitrogens with two attached hydrogens (primary N) is 1. The maximum atomic E-state index is 13.6. The first-order valence-corrected chi connectivity index (χ1v) is 5.83. The van der Waals surface area contributed by atoms with Gasteiger partial charge in [0.1, 0.15) is 0 Å². The van der Waals surface area contributed by atoms with Crippen molar-refractivity contribution in [2.75, 3.05) is 7.11 Å². The summed E-state index contributed by atoms with van der Waals surface area (Å²) in [5, 5.41) is 9.99. The standard InChI is InChI=1S/C12H15ClFNO2/c1-6(15)12(3-4-12)7-5-8(13)9(14)11(17-2)10(7)16/h5-6,16H,3-4,15H2,1-2H3. The molecule has 94 valence electrons. The summed E-state index contributed by atoms with van der Waals surface area (Å²) < 4.78 is 18.5. The van der Waals surface area contributed by atoms with Gasteiger partial charge in [0.15, 0.2) is 17.3 Å². The Labute approximate surface area is 104 Å². The summed E-state index contributed by atoms with van der Waals surface area (Å²) in [6.07, 6.45) is 1.73. The van der Waals surface area contributed by atoms with Gasteiger partial charge in [-0.2, -0.15) is 0 Å². The van der Waals surface area contributed by atoms with Gasteiger partial charge in [0.2, 0.25) is 0 Å². The van der Waals surface area contributed by atoms with Crippen molar-refractivity contribution in [3.63, 3.8) is 0 Å². The van der Waals surface area contributed by atoms with Crippen molar-refractivity contribution in [1.82, 2.24) is 0 Å². The molecule has 0 aromatic heterocycles. The molecule has 3 nitrogen and oxygen atoms in total. The zero-order valence-electron chi connectivity index (χ0n) is 9.76. The van der Waals surface area contributed by atoms with Gasteiger partial charge in [-0.25, -0.2) is 4.39 Å². The highest BCUT2D eigenvalue weighted by molar-refractivity contribution is 6.31. The summed E-state index contributed by atoms with van der Waals surface area (Å²) in [6.45, 7) is 1.87. The molecule has 5 heteroatoms. The molecular formula is C12H15ClFNO2. The number of phenolic OH excluding ortho intramolecular Hbond substituents is 1. The maximum Gasteiger partial charge on any atom is 0.198 e. The Morgan fingerprint density at radius 3 is 2.59 bits per heavy atom. The third kappa shape index (κ3) is 1.76. The van der Waals surface area contributed by atoms with Gasteiger partial charge in [-0.05, 0) is 25.8 Å². The van der Waals surface area contributed by atoms with E-state index in [1.165, 1.54) is 13.2 Å². The first-order valence-electron chi connectivity index (χ1n) is 5.45. The number of phenols is 1. The van der Waals surface area contributed by atoms with Crippen LogP contribution in [-0.2, 0) is 5.41 Å². The molecule has 0 aliphatic heterocycles. The Bertz CT molecular complexity index is 458. The molecule has 0 spiro atoms. The summed E-state index contributed by atoms with van der Waals surface area (Å²) in [5.41, 5.74) is 6.21. The van der Waals surface area contributed by atoms with Crippen molar-refractivity contribution in [3.8, 4) is 11.5 Å². The van der Waals surface area contributed by atoms with E-state index >= 15 is 0 Å². The predicted octanol–water partition coefficient (Wildman–Crippen LogP) is 2.57. The SMILES string of the molecule is COc1c(O)c(C2(C(C)N)CC2)cc(Cl)c1F. The van der Waals surface area contributed by atoms with E-state index in [0.717, 1.165) is 12.8 Å². The molecule has 1 aromatic carbocycles. The third-order valence-electron chi connectivity index (χ3n) is 3.55. The van der Waals surface area contributed by atoms with E-state index in [1.54, 1.807) is 0 Å². The monoisotopic (exact) mass is 259 g/mol. The van der Waals surface area contributed by atoms with Crippen LogP contribution in [0.1, 0.15) is 25.3 Å². The van der Waals surface area contributed by atoms with Gasteiger partial charge in [0.25, 0.3) is 0 Å². The molecule has 0 radical (unpaired) electrons. The number of halogens is 2. The number of ether oxygens (including phenoxy) is 1. The molecule has 0 bridgehead atoms. The molecule has 0 saturated heterocycles. The normalized spacial score (nSPS) is 18.9. The Morgan fingerprint density at radius 1 is 1.59 bits per heavy atom. The number of hydrogen-bond acceptors (Lipinski definition) is 3. The lowest BCUT2D eigenvalue weighted by molar-refractivity contribution is 0.344. The zero-order valence-corrected chi connectivity index (χ0v) is 10.5. The van der Waals surface area contributed by atoms with E-state index in [2.05, 4.69) is 0 Å². The average Bonchev–Trinajstić information content (AvgIpc) is 3.05. The molecule has 17 heavy (non-hydrogen) atoms. The van der Waals surface area contributed by atoms with E-state index in [0.29, 0.717) is 5.56 Å². The lowest BCUT2D eigenvalue weighted by Gasteiger charge is -2.22. The van der Waals surface area contributed by atoms with E-state index in [9.17, 15) is 9.50 Å². The molecule has 0 amide bonds. The number of methoxy groups -OCH3 is 1. The Morgan fingerprint density at radius 2 is 2.18 bits per heavy atom. The Kier molecular flexibility index (Phi) is 2.96. The summed E-state index contributed by atoms with van der Waals surface area (Å²) in [7, 11) is 1.30. The number of rotatable bonds is 3. The van der Waals surface area contributed by atoms with Crippen LogP contribution in [-0.4, -0.2) is 18.3 Å². The van der Waals surface area contributed by atoms with Crippen molar-refractivity contribution >= 4 is 11.6 Å². The molecule has 2 rings (SSSR count). The minimum atomic E-state index is -0.740. The van der Waals surface area contributed by atoms with Gasteiger partial charge < -0.3 is 15.6 Å². The van der Waals surface area contributed by atoms with Crippen LogP contribution in [0.15, 0.2) is 6.07 Å². The van der Waals surface area contributed by atoms with E-state index < -0.39 is 5.82 Å². The molecule has 1 aromatic rings. The van der Waals surface area contributed by atoms with Gasteiger partial charge in [-0.1, -0.05) is 11.6 Å². The van der Waals surface area contributed by atoms with Crippen LogP contribution in [0.5, 0.6) is 11.5 Å². The second-order valence-corrected chi connectivity index (χ2v) is 4.95. The highest BCUT2D eigenvalue weighted by Gasteiger charge is 2.50. The van der Waals surface area contributed by atoms with Crippen LogP contribution in [0.4, 0.5) is 4.39 Å². The Hall–Kier alpha value is -1.00. The van der Waals surface area contributed by atoms with E-state index in [1.807, 2.05) is 6.92 Å². The quantitative estimate of drug-likeness (QED) is 0.877. The highest BCUT2D eigenvalue weighted by atomic mass is 35.5. The van der Waals surface area contributed by atoms with Crippen LogP contribution in [0, 0.1) is 5.82 Å². The van der Waals surface area contributed by atoms with Crippen LogP contribution in [0.2, 0.25) is 5.02 Å². The molecule has 0 heterocycles. The third-order valence-corrected chi connectivity index (χ3v) is 3.83. The van der Waals surface area contributed by atoms with E-state index in [4.69, 9.17) is 22.1 Å². The van der Waals surface area contributed by atoms with Crippen LogP contribution >= 0.6 is 11.6 Å². The summed E-state index contributed by atoms with van der Waals surface area (Å²) in [6, 6.07) is 1.32. The molecule has 1 aliphatic rings. The van der Waals surface area contributed by atoms with Crippen molar-refractivity contribution < 1.29 is 14.2 Å². The van der Waals surface area contributed by atoms with Crippen molar-refractivity contribution in [2.24, 2.45) is 5.73 Å². The smallest absolute Gasteiger partial charge is 0.198 e. The minimum absolute atomic E-state index is 0.0541. The first-order chi connectivity index (χ1) is 7.94. The lowest BCUT2D eigenvalue weighted by atomic mass is 9.88. The largest absolute Gasteiger partial charge is 0.504 e. The first kappa shape index (κ1) is 12.5. The minimum Gasteiger partial charge on any atom is -0.504 e. The molecule has 1 unspecified atom stereocenters. The average molecular weight is 260 g/mol. The zero-order chi connectivity index (χ0) is 12.8. The molecule has 1 fully saturated rings. The molecule has 1 atom stereocenters. The van der Waals surface area contributed by atoms with Gasteiger partial charge in [-0.3, -0.25) is 0 Å². The fraction of sp³-hybridized carbons (Fsp3) is 0.500. The fourth-order valence-corrected chi connectivity index (χ4v) is 2.46. The van der Waals surface area contributed by atoms with Crippen LogP contribution < -0.4 is 10.5 Å². The fourth-order valence-electron chi connectivity index (χ4n) is 2.26. The van der Waals surface area contributed by atoms with Gasteiger partial charge in [0, 0.05) is 17.0 Å². The van der Waals surface area contributed by atoms with Crippen LogP contribution in [0.3, 0.4) is 0 Å². The summed E-state index contributed by atoms with van der Waals surface area (Å²) in [4.78, 5) is 0. The second kappa shape index (κ2) is 4.03. The van der Waals surface area contributed by atoms with Crippen molar-refractivity contribution in [2.45, 2.75) is 31.2 Å². The number of benzene rings is 1. The number of hydrogen-bond donors (Lipinski definition) is 2. The number of aromatic hydroxyl groups is 1. The Balaban J connectivity index is 2.60. The van der Waals surface area contributed by atoms with Crippen molar-refractivity contribution in [3.05, 3.63) is 22.5 Å². The second-order valence-electron chi connectivity index (χ2n) is 4.55. The summed E-state index contributed by atoms with van der Waals surface area (Å²) >= 11 is 5.80. The topological polar surface area (TPSA) is 55.5 Å². The van der Waals surface area contributed by atoms with Gasteiger partial charge in [0.05, 0.1) is 12.1 Å². The van der Waals surface area contributed by atoms with Gasteiger partial charge in [-0.15, -0.1) is 0 Å².